The van der Waals surface area contributed by atoms with Crippen molar-refractivity contribution in [2.75, 3.05) is 6.54 Å². The molecule has 20 heavy (non-hydrogen) atoms. The van der Waals surface area contributed by atoms with E-state index in [2.05, 4.69) is 32.6 Å². The average molecular weight is 364 g/mol. The summed E-state index contributed by atoms with van der Waals surface area (Å²) in [6, 6.07) is 0. The number of rotatable bonds is 6. The van der Waals surface area contributed by atoms with E-state index < -0.39 is 10.0 Å². The molecule has 0 aromatic carbocycles. The normalized spacial score (nSPS) is 23.4. The van der Waals surface area contributed by atoms with Crippen LogP contribution in [0.15, 0.2) is 11.2 Å². The molecule has 0 bridgehead atoms. The molecule has 2 atom stereocenters. The van der Waals surface area contributed by atoms with E-state index in [0.29, 0.717) is 17.3 Å². The summed E-state index contributed by atoms with van der Waals surface area (Å²) in [6.07, 6.45) is 5.93. The van der Waals surface area contributed by atoms with E-state index in [1.165, 1.54) is 0 Å². The van der Waals surface area contributed by atoms with Gasteiger partial charge in [0.05, 0.1) is 0 Å². The van der Waals surface area contributed by atoms with Crippen molar-refractivity contribution in [1.29, 1.82) is 0 Å². The quantitative estimate of drug-likeness (QED) is 0.789. The van der Waals surface area contributed by atoms with Crippen LogP contribution in [0.25, 0.3) is 0 Å². The van der Waals surface area contributed by atoms with Gasteiger partial charge < -0.3 is 4.57 Å². The Kier molecular flexibility index (Phi) is 5.25. The van der Waals surface area contributed by atoms with Gasteiger partial charge in [-0.2, -0.15) is 0 Å². The zero-order chi connectivity index (χ0) is 14.8. The van der Waals surface area contributed by atoms with Crippen molar-refractivity contribution in [3.63, 3.8) is 0 Å². The standard InChI is InChI=1S/C13H22BrN3O2S/c1-3-7-17-9-13(16-10(17)2)20(18,19)15-8-11-5-4-6-12(11)14/h9,11-12,15H,3-8H2,1-2H3. The topological polar surface area (TPSA) is 64.0 Å². The molecule has 0 spiro atoms. The summed E-state index contributed by atoms with van der Waals surface area (Å²) in [7, 11) is -3.49. The molecule has 1 fully saturated rings. The first kappa shape index (κ1) is 16.0. The van der Waals surface area contributed by atoms with Crippen molar-refractivity contribution < 1.29 is 8.42 Å². The predicted octanol–water partition coefficient (Wildman–Crippen LogP) is 2.44. The van der Waals surface area contributed by atoms with Crippen molar-refractivity contribution in [1.82, 2.24) is 14.3 Å². The summed E-state index contributed by atoms with van der Waals surface area (Å²) in [4.78, 5) is 4.59. The molecule has 2 rings (SSSR count). The Balaban J connectivity index is 2.04. The molecule has 0 radical (unpaired) electrons. The Morgan fingerprint density at radius 2 is 2.25 bits per heavy atom. The molecule has 114 valence electrons. The third-order valence-electron chi connectivity index (χ3n) is 3.80. The molecule has 0 aliphatic heterocycles. The molecule has 2 unspecified atom stereocenters. The van der Waals surface area contributed by atoms with Crippen molar-refractivity contribution in [2.24, 2.45) is 5.92 Å². The van der Waals surface area contributed by atoms with Gasteiger partial charge in [0.15, 0.2) is 5.03 Å². The van der Waals surface area contributed by atoms with Crippen molar-refractivity contribution in [2.45, 2.75) is 55.9 Å². The second kappa shape index (κ2) is 6.58. The van der Waals surface area contributed by atoms with Gasteiger partial charge in [-0.25, -0.2) is 18.1 Å². The summed E-state index contributed by atoms with van der Waals surface area (Å²) in [5.41, 5.74) is 0. The second-order valence-corrected chi connectivity index (χ2v) is 8.27. The number of halogens is 1. The number of aryl methyl sites for hydroxylation is 2. The van der Waals surface area contributed by atoms with Gasteiger partial charge in [-0.1, -0.05) is 29.3 Å². The zero-order valence-electron chi connectivity index (χ0n) is 12.0. The first-order valence-corrected chi connectivity index (χ1v) is 9.51. The van der Waals surface area contributed by atoms with Gasteiger partial charge in [0, 0.05) is 24.1 Å². The molecule has 1 aliphatic carbocycles. The van der Waals surface area contributed by atoms with Crippen LogP contribution < -0.4 is 4.72 Å². The smallest absolute Gasteiger partial charge is 0.259 e. The largest absolute Gasteiger partial charge is 0.334 e. The van der Waals surface area contributed by atoms with E-state index in [1.807, 2.05) is 11.5 Å². The highest BCUT2D eigenvalue weighted by atomic mass is 79.9. The lowest BCUT2D eigenvalue weighted by Crippen LogP contribution is -2.31. The van der Waals surface area contributed by atoms with E-state index in [4.69, 9.17) is 0 Å². The van der Waals surface area contributed by atoms with Gasteiger partial charge in [0.1, 0.15) is 5.82 Å². The molecule has 1 heterocycles. The maximum absolute atomic E-state index is 12.3. The SMILES string of the molecule is CCCn1cc(S(=O)(=O)NCC2CCCC2Br)nc1C. The summed E-state index contributed by atoms with van der Waals surface area (Å²) < 4.78 is 29.1. The van der Waals surface area contributed by atoms with Gasteiger partial charge >= 0.3 is 0 Å². The predicted molar refractivity (Wildman–Crippen MR) is 82.5 cm³/mol. The van der Waals surface area contributed by atoms with E-state index >= 15 is 0 Å². The van der Waals surface area contributed by atoms with Gasteiger partial charge in [0.25, 0.3) is 10.0 Å². The van der Waals surface area contributed by atoms with Crippen LogP contribution in [0.1, 0.15) is 38.4 Å². The monoisotopic (exact) mass is 363 g/mol. The van der Waals surface area contributed by atoms with Crippen LogP contribution in [0.3, 0.4) is 0 Å². The Morgan fingerprint density at radius 1 is 1.50 bits per heavy atom. The van der Waals surface area contributed by atoms with Crippen molar-refractivity contribution >= 4 is 26.0 Å². The maximum Gasteiger partial charge on any atom is 0.259 e. The fraction of sp³-hybridized carbons (Fsp3) is 0.769. The molecular weight excluding hydrogens is 342 g/mol. The van der Waals surface area contributed by atoms with E-state index in [0.717, 1.165) is 38.1 Å². The van der Waals surface area contributed by atoms with Gasteiger partial charge in [-0.05, 0) is 32.1 Å². The summed E-state index contributed by atoms with van der Waals surface area (Å²) in [5.74, 6) is 1.12. The van der Waals surface area contributed by atoms with Crippen LogP contribution in [-0.4, -0.2) is 29.3 Å². The van der Waals surface area contributed by atoms with Gasteiger partial charge in [0.2, 0.25) is 0 Å². The number of aromatic nitrogens is 2. The fourth-order valence-electron chi connectivity index (χ4n) is 2.59. The minimum absolute atomic E-state index is 0.132. The molecule has 1 aromatic heterocycles. The minimum atomic E-state index is -3.49. The lowest BCUT2D eigenvalue weighted by molar-refractivity contribution is 0.528. The number of alkyl halides is 1. The number of hydrogen-bond acceptors (Lipinski definition) is 3. The van der Waals surface area contributed by atoms with Crippen LogP contribution in [0.4, 0.5) is 0 Å². The van der Waals surface area contributed by atoms with Crippen molar-refractivity contribution in [3.8, 4) is 0 Å². The lowest BCUT2D eigenvalue weighted by atomic mass is 10.1. The van der Waals surface area contributed by atoms with Crippen LogP contribution >= 0.6 is 15.9 Å². The molecule has 7 heteroatoms. The zero-order valence-corrected chi connectivity index (χ0v) is 14.4. The number of nitrogens with one attached hydrogen (secondary N) is 1. The first-order valence-electron chi connectivity index (χ1n) is 7.11. The average Bonchev–Trinajstić information content (AvgIpc) is 2.95. The molecule has 1 N–H and O–H groups in total. The molecule has 0 saturated heterocycles. The van der Waals surface area contributed by atoms with E-state index in [-0.39, 0.29) is 5.03 Å². The van der Waals surface area contributed by atoms with Crippen LogP contribution in [0, 0.1) is 12.8 Å². The molecule has 5 nitrogen and oxygen atoms in total. The van der Waals surface area contributed by atoms with Crippen LogP contribution in [-0.2, 0) is 16.6 Å². The van der Waals surface area contributed by atoms with Gasteiger partial charge in [-0.3, -0.25) is 0 Å². The summed E-state index contributed by atoms with van der Waals surface area (Å²) in [6.45, 7) is 5.17. The molecular formula is C13H22BrN3O2S. The Bertz CT molecular complexity index is 556. The highest BCUT2D eigenvalue weighted by Gasteiger charge is 2.27. The lowest BCUT2D eigenvalue weighted by Gasteiger charge is -2.14. The summed E-state index contributed by atoms with van der Waals surface area (Å²) in [5, 5.41) is 0.132. The number of nitrogens with zero attached hydrogens (tertiary/aromatic N) is 2. The minimum Gasteiger partial charge on any atom is -0.334 e. The first-order chi connectivity index (χ1) is 9.44. The fourth-order valence-corrected chi connectivity index (χ4v) is 4.46. The Morgan fingerprint density at radius 3 is 2.85 bits per heavy atom. The Hall–Kier alpha value is -0.400. The number of hydrogen-bond donors (Lipinski definition) is 1. The third kappa shape index (κ3) is 3.62. The summed E-state index contributed by atoms with van der Waals surface area (Å²) >= 11 is 3.61. The molecule has 1 aromatic rings. The highest BCUT2D eigenvalue weighted by Crippen LogP contribution is 2.31. The van der Waals surface area contributed by atoms with Crippen LogP contribution in [0.5, 0.6) is 0 Å². The maximum atomic E-state index is 12.3. The van der Waals surface area contributed by atoms with Crippen LogP contribution in [0.2, 0.25) is 0 Å². The Labute approximate surface area is 129 Å². The van der Waals surface area contributed by atoms with E-state index in [1.54, 1.807) is 6.20 Å². The second-order valence-electron chi connectivity index (χ2n) is 5.38. The molecule has 1 aliphatic rings. The molecule has 0 amide bonds. The third-order valence-corrected chi connectivity index (χ3v) is 6.30. The number of imidazole rings is 1. The molecule has 1 saturated carbocycles. The number of sulfonamides is 1. The van der Waals surface area contributed by atoms with E-state index in [9.17, 15) is 8.42 Å². The van der Waals surface area contributed by atoms with Gasteiger partial charge in [-0.15, -0.1) is 0 Å². The highest BCUT2D eigenvalue weighted by molar-refractivity contribution is 9.09. The van der Waals surface area contributed by atoms with Crippen molar-refractivity contribution in [3.05, 3.63) is 12.0 Å².